The molecular weight excluding hydrogens is 372 g/mol. The van der Waals surface area contributed by atoms with Gasteiger partial charge in [0.05, 0.1) is 24.9 Å². The first-order valence-electron chi connectivity index (χ1n) is 10.4. The Balaban J connectivity index is 1.51. The van der Waals surface area contributed by atoms with E-state index in [-0.39, 0.29) is 28.8 Å². The van der Waals surface area contributed by atoms with Crippen LogP contribution in [-0.2, 0) is 13.9 Å². The van der Waals surface area contributed by atoms with Gasteiger partial charge in [0.15, 0.2) is 8.32 Å². The fourth-order valence-corrected chi connectivity index (χ4v) is 5.59. The number of fused-ring (bicyclic) bond motifs is 1. The van der Waals surface area contributed by atoms with Gasteiger partial charge in [-0.25, -0.2) is 0 Å². The van der Waals surface area contributed by atoms with E-state index in [4.69, 9.17) is 13.9 Å². The lowest BCUT2D eigenvalue weighted by Crippen LogP contribution is -2.44. The molecule has 2 saturated heterocycles. The Morgan fingerprint density at radius 1 is 1.00 bits per heavy atom. The van der Waals surface area contributed by atoms with E-state index in [1.54, 1.807) is 0 Å². The molecule has 27 heavy (non-hydrogen) atoms. The third-order valence-corrected chi connectivity index (χ3v) is 11.9. The first kappa shape index (κ1) is 21.4. The highest BCUT2D eigenvalue weighted by atomic mass is 32.2. The van der Waals surface area contributed by atoms with Crippen molar-refractivity contribution in [1.29, 1.82) is 0 Å². The van der Waals surface area contributed by atoms with Crippen molar-refractivity contribution in [2.45, 2.75) is 99.7 Å². The molecule has 0 aliphatic carbocycles. The molecule has 2 aliphatic rings. The maximum Gasteiger partial charge on any atom is 0.192 e. The number of benzene rings is 1. The standard InChI is InChI=1S/C22H36O3SSi/c1-22(2,3)27(4,5)23-16-17-10-9-13-19-20(24-17)14-15-21(25-19)26-18-11-7-6-8-12-18/h6-8,11-12,17,19-21H,9-10,13-16H2,1-5H3/t17-,19+,20-,21?/m1/s1. The molecule has 0 saturated carbocycles. The molecule has 1 aromatic rings. The van der Waals surface area contributed by atoms with Gasteiger partial charge in [-0.15, -0.1) is 0 Å². The number of ether oxygens (including phenoxy) is 2. The summed E-state index contributed by atoms with van der Waals surface area (Å²) in [7, 11) is -1.72. The van der Waals surface area contributed by atoms with Gasteiger partial charge in [0, 0.05) is 4.90 Å². The largest absolute Gasteiger partial charge is 0.414 e. The molecule has 152 valence electrons. The van der Waals surface area contributed by atoms with Crippen molar-refractivity contribution in [1.82, 2.24) is 0 Å². The Bertz CT molecular complexity index is 587. The first-order valence-corrected chi connectivity index (χ1v) is 14.2. The van der Waals surface area contributed by atoms with Crippen LogP contribution < -0.4 is 0 Å². The van der Waals surface area contributed by atoms with E-state index < -0.39 is 8.32 Å². The Kier molecular flexibility index (Phi) is 7.12. The summed E-state index contributed by atoms with van der Waals surface area (Å²) in [5.41, 5.74) is 0.247. The number of hydrogen-bond donors (Lipinski definition) is 0. The van der Waals surface area contributed by atoms with Gasteiger partial charge in [0.1, 0.15) is 5.44 Å². The molecular formula is C22H36O3SSi. The minimum atomic E-state index is -1.72. The zero-order valence-electron chi connectivity index (χ0n) is 17.6. The molecule has 3 rings (SSSR count). The molecule has 0 radical (unpaired) electrons. The summed E-state index contributed by atoms with van der Waals surface area (Å²) in [6.07, 6.45) is 6.17. The summed E-state index contributed by atoms with van der Waals surface area (Å²) in [5.74, 6) is 0. The van der Waals surface area contributed by atoms with Gasteiger partial charge in [-0.1, -0.05) is 50.7 Å². The van der Waals surface area contributed by atoms with Crippen LogP contribution >= 0.6 is 11.8 Å². The molecule has 0 spiro atoms. The minimum absolute atomic E-state index is 0.219. The van der Waals surface area contributed by atoms with Gasteiger partial charge in [-0.05, 0) is 62.4 Å². The first-order chi connectivity index (χ1) is 12.7. The highest BCUT2D eigenvalue weighted by Gasteiger charge is 2.39. The van der Waals surface area contributed by atoms with Crippen LogP contribution in [-0.4, -0.2) is 38.7 Å². The van der Waals surface area contributed by atoms with Gasteiger partial charge >= 0.3 is 0 Å². The fraction of sp³-hybridized carbons (Fsp3) is 0.727. The summed E-state index contributed by atoms with van der Waals surface area (Å²) < 4.78 is 19.4. The normalized spacial score (nSPS) is 29.8. The van der Waals surface area contributed by atoms with Gasteiger partial charge in [-0.2, -0.15) is 0 Å². The maximum absolute atomic E-state index is 6.48. The molecule has 1 unspecified atom stereocenters. The maximum atomic E-state index is 6.48. The van der Waals surface area contributed by atoms with Gasteiger partial charge in [0.2, 0.25) is 0 Å². The predicted octanol–water partition coefficient (Wildman–Crippen LogP) is 6.24. The lowest BCUT2D eigenvalue weighted by Gasteiger charge is -2.38. The average molecular weight is 409 g/mol. The van der Waals surface area contributed by atoms with E-state index in [2.05, 4.69) is 64.2 Å². The zero-order valence-corrected chi connectivity index (χ0v) is 19.4. The van der Waals surface area contributed by atoms with Crippen LogP contribution in [0.1, 0.15) is 52.9 Å². The van der Waals surface area contributed by atoms with Gasteiger partial charge < -0.3 is 13.9 Å². The van der Waals surface area contributed by atoms with Crippen molar-refractivity contribution in [2.75, 3.05) is 6.61 Å². The summed E-state index contributed by atoms with van der Waals surface area (Å²) in [6, 6.07) is 10.6. The molecule has 3 nitrogen and oxygen atoms in total. The SMILES string of the molecule is CC(C)(C)[Si](C)(C)OC[C@H]1CCC[C@@H]2OC(Sc3ccccc3)CC[C@H]2O1. The third kappa shape index (κ3) is 5.83. The van der Waals surface area contributed by atoms with Crippen molar-refractivity contribution in [2.24, 2.45) is 0 Å². The molecule has 0 amide bonds. The molecule has 0 aromatic heterocycles. The second kappa shape index (κ2) is 9.00. The van der Waals surface area contributed by atoms with Crippen molar-refractivity contribution in [3.05, 3.63) is 30.3 Å². The highest BCUT2D eigenvalue weighted by molar-refractivity contribution is 7.99. The van der Waals surface area contributed by atoms with Crippen LogP contribution in [0.2, 0.25) is 18.1 Å². The second-order valence-corrected chi connectivity index (χ2v) is 15.5. The van der Waals surface area contributed by atoms with Gasteiger partial charge in [-0.3, -0.25) is 0 Å². The van der Waals surface area contributed by atoms with E-state index in [1.807, 2.05) is 11.8 Å². The molecule has 0 bridgehead atoms. The molecule has 2 fully saturated rings. The third-order valence-electron chi connectivity index (χ3n) is 6.26. The van der Waals surface area contributed by atoms with Crippen LogP contribution in [0.4, 0.5) is 0 Å². The molecule has 5 heteroatoms. The molecule has 4 atom stereocenters. The van der Waals surface area contributed by atoms with Crippen LogP contribution in [0, 0.1) is 0 Å². The summed E-state index contributed by atoms with van der Waals surface area (Å²) in [6.45, 7) is 12.3. The Morgan fingerprint density at radius 2 is 1.70 bits per heavy atom. The number of thioether (sulfide) groups is 1. The van der Waals surface area contributed by atoms with Crippen LogP contribution in [0.3, 0.4) is 0 Å². The van der Waals surface area contributed by atoms with Gasteiger partial charge in [0.25, 0.3) is 0 Å². The fourth-order valence-electron chi connectivity index (χ4n) is 3.49. The summed E-state index contributed by atoms with van der Waals surface area (Å²) >= 11 is 1.85. The molecule has 1 aromatic carbocycles. The topological polar surface area (TPSA) is 27.7 Å². The Labute approximate surface area is 170 Å². The number of hydrogen-bond acceptors (Lipinski definition) is 4. The zero-order chi connectivity index (χ0) is 19.5. The monoisotopic (exact) mass is 408 g/mol. The van der Waals surface area contributed by atoms with Crippen LogP contribution in [0.5, 0.6) is 0 Å². The Hall–Kier alpha value is -0.333. The molecule has 2 heterocycles. The Morgan fingerprint density at radius 3 is 2.41 bits per heavy atom. The van der Waals surface area contributed by atoms with Crippen molar-refractivity contribution >= 4 is 20.1 Å². The smallest absolute Gasteiger partial charge is 0.192 e. The quantitative estimate of drug-likeness (QED) is 0.539. The number of rotatable bonds is 5. The van der Waals surface area contributed by atoms with Crippen LogP contribution in [0.15, 0.2) is 35.2 Å². The van der Waals surface area contributed by atoms with Crippen molar-refractivity contribution < 1.29 is 13.9 Å². The second-order valence-electron chi connectivity index (χ2n) is 9.41. The van der Waals surface area contributed by atoms with E-state index in [1.165, 1.54) is 4.90 Å². The van der Waals surface area contributed by atoms with Crippen molar-refractivity contribution in [3.63, 3.8) is 0 Å². The van der Waals surface area contributed by atoms with E-state index >= 15 is 0 Å². The summed E-state index contributed by atoms with van der Waals surface area (Å²) in [4.78, 5) is 1.29. The lowest BCUT2D eigenvalue weighted by atomic mass is 10.0. The van der Waals surface area contributed by atoms with Crippen molar-refractivity contribution in [3.8, 4) is 0 Å². The molecule has 2 aliphatic heterocycles. The molecule has 0 N–H and O–H groups in total. The van der Waals surface area contributed by atoms with E-state index in [0.29, 0.717) is 0 Å². The van der Waals surface area contributed by atoms with Crippen LogP contribution in [0.25, 0.3) is 0 Å². The van der Waals surface area contributed by atoms with E-state index in [0.717, 1.165) is 38.7 Å². The summed E-state index contributed by atoms with van der Waals surface area (Å²) in [5, 5.41) is 0.246. The minimum Gasteiger partial charge on any atom is -0.414 e. The highest BCUT2D eigenvalue weighted by Crippen LogP contribution is 2.39. The van der Waals surface area contributed by atoms with E-state index in [9.17, 15) is 0 Å². The average Bonchev–Trinajstić information content (AvgIpc) is 2.81. The lowest BCUT2D eigenvalue weighted by molar-refractivity contribution is -0.134. The predicted molar refractivity (Wildman–Crippen MR) is 116 cm³/mol.